The van der Waals surface area contributed by atoms with Crippen LogP contribution in [0.4, 0.5) is 13.2 Å². The number of carboxylic acid groups (broad SMARTS) is 2. The van der Waals surface area contributed by atoms with Crippen molar-refractivity contribution in [1.29, 1.82) is 0 Å². The Balaban J connectivity index is 0.000000351. The Morgan fingerprint density at radius 3 is 2.25 bits per heavy atom. The maximum absolute atomic E-state index is 11.2. The second-order valence-corrected chi connectivity index (χ2v) is 4.41. The highest BCUT2D eigenvalue weighted by atomic mass is 19.4. The second kappa shape index (κ2) is 6.93. The summed E-state index contributed by atoms with van der Waals surface area (Å²) in [6.45, 7) is 1.42. The molecule has 0 atom stereocenters. The fourth-order valence-electron chi connectivity index (χ4n) is 1.61. The van der Waals surface area contributed by atoms with Crippen molar-refractivity contribution in [3.05, 3.63) is 23.7 Å². The summed E-state index contributed by atoms with van der Waals surface area (Å²) in [6, 6.07) is 1.65. The fraction of sp³-hybridized carbons (Fsp3) is 0.250. The molecule has 2 heterocycles. The van der Waals surface area contributed by atoms with Gasteiger partial charge in [-0.25, -0.2) is 4.79 Å². The van der Waals surface area contributed by atoms with Crippen molar-refractivity contribution in [2.24, 2.45) is 5.73 Å². The number of aliphatic carboxylic acids is 2. The van der Waals surface area contributed by atoms with Gasteiger partial charge < -0.3 is 15.9 Å². The van der Waals surface area contributed by atoms with E-state index in [2.05, 4.69) is 10.1 Å². The predicted octanol–water partition coefficient (Wildman–Crippen LogP) is 0.557. The van der Waals surface area contributed by atoms with Gasteiger partial charge in [-0.1, -0.05) is 0 Å². The summed E-state index contributed by atoms with van der Waals surface area (Å²) in [6.07, 6.45) is -3.60. The lowest BCUT2D eigenvalue weighted by Gasteiger charge is -1.98. The van der Waals surface area contributed by atoms with Gasteiger partial charge in [0.15, 0.2) is 5.69 Å². The number of carbonyl (C=O) groups excluding carboxylic acids is 1. The number of carbonyl (C=O) groups is 3. The van der Waals surface area contributed by atoms with E-state index in [1.54, 1.807) is 13.0 Å². The Labute approximate surface area is 131 Å². The van der Waals surface area contributed by atoms with E-state index in [1.807, 2.05) is 0 Å². The third kappa shape index (κ3) is 4.66. The van der Waals surface area contributed by atoms with Crippen molar-refractivity contribution in [3.63, 3.8) is 0 Å². The molecule has 4 N–H and O–H groups in total. The van der Waals surface area contributed by atoms with E-state index >= 15 is 0 Å². The minimum Gasteiger partial charge on any atom is -0.480 e. The van der Waals surface area contributed by atoms with Crippen LogP contribution in [-0.4, -0.2) is 49.0 Å². The number of hydrogen-bond acceptors (Lipinski definition) is 5. The molecule has 0 fully saturated rings. The first-order valence-electron chi connectivity index (χ1n) is 6.08. The number of aryl methyl sites for hydroxylation is 1. The van der Waals surface area contributed by atoms with Crippen LogP contribution in [0, 0.1) is 6.92 Å². The van der Waals surface area contributed by atoms with Gasteiger partial charge in [-0.3, -0.25) is 19.3 Å². The first-order chi connectivity index (χ1) is 10.9. The Morgan fingerprint density at radius 2 is 1.83 bits per heavy atom. The lowest BCUT2D eigenvalue weighted by atomic mass is 10.2. The Hall–Kier alpha value is -3.18. The van der Waals surface area contributed by atoms with Crippen molar-refractivity contribution in [2.45, 2.75) is 19.6 Å². The molecular formula is C12H11F3N4O5. The molecule has 0 aliphatic carbocycles. The van der Waals surface area contributed by atoms with Crippen molar-refractivity contribution in [3.8, 4) is 0 Å². The highest BCUT2D eigenvalue weighted by Gasteiger charge is 2.38. The van der Waals surface area contributed by atoms with Gasteiger partial charge in [-0.2, -0.15) is 18.3 Å². The van der Waals surface area contributed by atoms with Crippen molar-refractivity contribution in [2.75, 3.05) is 0 Å². The molecule has 0 unspecified atom stereocenters. The monoisotopic (exact) mass is 348 g/mol. The molecule has 12 heteroatoms. The number of nitrogens with zero attached hydrogens (tertiary/aromatic N) is 3. The minimum atomic E-state index is -5.08. The van der Waals surface area contributed by atoms with Crippen molar-refractivity contribution < 1.29 is 37.8 Å². The molecule has 0 aromatic carbocycles. The molecule has 1 amide bonds. The fourth-order valence-corrected chi connectivity index (χ4v) is 1.61. The summed E-state index contributed by atoms with van der Waals surface area (Å²) in [5, 5.41) is 20.3. The minimum absolute atomic E-state index is 0.0618. The molecule has 0 aliphatic rings. The van der Waals surface area contributed by atoms with Crippen LogP contribution < -0.4 is 5.73 Å². The maximum atomic E-state index is 11.2. The molecule has 0 aliphatic heterocycles. The lowest BCUT2D eigenvalue weighted by molar-refractivity contribution is -0.192. The number of aromatic nitrogens is 3. The first-order valence-corrected chi connectivity index (χ1v) is 6.08. The predicted molar refractivity (Wildman–Crippen MR) is 72.1 cm³/mol. The van der Waals surface area contributed by atoms with E-state index in [0.717, 1.165) is 0 Å². The van der Waals surface area contributed by atoms with E-state index in [1.165, 1.54) is 10.9 Å². The van der Waals surface area contributed by atoms with Crippen LogP contribution in [-0.2, 0) is 16.1 Å². The standard InChI is InChI=1S/C10H10N4O3.C2HF3O2/c1-5-2-6-7(3-12-5)14(4-8(15)16)13-9(6)10(11)17;3-2(4,5)1(6)7/h2-3H,4H2,1H3,(H2,11,17)(H,15,16);(H,6,7). The molecule has 2 aromatic rings. The molecular weight excluding hydrogens is 337 g/mol. The molecule has 130 valence electrons. The van der Waals surface area contributed by atoms with Crippen LogP contribution in [0.15, 0.2) is 12.3 Å². The Kier molecular flexibility index (Phi) is 5.45. The van der Waals surface area contributed by atoms with Gasteiger partial charge in [-0.15, -0.1) is 0 Å². The Bertz CT molecular complexity index is 800. The molecule has 0 bridgehead atoms. The summed E-state index contributed by atoms with van der Waals surface area (Å²) < 4.78 is 32.9. The third-order valence-corrected chi connectivity index (χ3v) is 2.53. The number of nitrogens with two attached hydrogens (primary N) is 1. The molecule has 0 radical (unpaired) electrons. The zero-order valence-electron chi connectivity index (χ0n) is 12.0. The molecule has 0 saturated heterocycles. The number of alkyl halides is 3. The van der Waals surface area contributed by atoms with E-state index in [9.17, 15) is 22.8 Å². The first kappa shape index (κ1) is 18.9. The summed E-state index contributed by atoms with van der Waals surface area (Å²) in [4.78, 5) is 34.8. The zero-order chi connectivity index (χ0) is 18.7. The summed E-state index contributed by atoms with van der Waals surface area (Å²) in [7, 11) is 0. The number of halogens is 3. The molecule has 0 saturated carbocycles. The van der Waals surface area contributed by atoms with E-state index in [-0.39, 0.29) is 12.2 Å². The molecule has 2 rings (SSSR count). The average Bonchev–Trinajstić information content (AvgIpc) is 2.75. The summed E-state index contributed by atoms with van der Waals surface area (Å²) >= 11 is 0. The number of rotatable bonds is 3. The van der Waals surface area contributed by atoms with Gasteiger partial charge in [0.2, 0.25) is 0 Å². The number of amides is 1. The van der Waals surface area contributed by atoms with Crippen LogP contribution in [0.2, 0.25) is 0 Å². The van der Waals surface area contributed by atoms with E-state index < -0.39 is 24.0 Å². The van der Waals surface area contributed by atoms with Gasteiger partial charge in [0.05, 0.1) is 11.7 Å². The summed E-state index contributed by atoms with van der Waals surface area (Å²) in [5.74, 6) is -4.50. The molecule has 2 aromatic heterocycles. The van der Waals surface area contributed by atoms with E-state index in [4.69, 9.17) is 20.7 Å². The van der Waals surface area contributed by atoms with Crippen LogP contribution in [0.1, 0.15) is 16.2 Å². The number of hydrogen-bond donors (Lipinski definition) is 3. The van der Waals surface area contributed by atoms with Gasteiger partial charge in [0, 0.05) is 11.1 Å². The quantitative estimate of drug-likeness (QED) is 0.733. The van der Waals surface area contributed by atoms with Crippen molar-refractivity contribution >= 4 is 28.7 Å². The van der Waals surface area contributed by atoms with Gasteiger partial charge in [0.25, 0.3) is 5.91 Å². The highest BCUT2D eigenvalue weighted by Crippen LogP contribution is 2.18. The summed E-state index contributed by atoms with van der Waals surface area (Å²) in [5.41, 5.74) is 6.44. The number of primary amides is 1. The molecule has 24 heavy (non-hydrogen) atoms. The van der Waals surface area contributed by atoms with Crippen LogP contribution in [0.3, 0.4) is 0 Å². The number of pyridine rings is 1. The third-order valence-electron chi connectivity index (χ3n) is 2.53. The topological polar surface area (TPSA) is 148 Å². The maximum Gasteiger partial charge on any atom is 0.490 e. The van der Waals surface area contributed by atoms with Crippen LogP contribution in [0.25, 0.3) is 10.9 Å². The van der Waals surface area contributed by atoms with Crippen molar-refractivity contribution in [1.82, 2.24) is 14.8 Å². The highest BCUT2D eigenvalue weighted by molar-refractivity contribution is 6.04. The lowest BCUT2D eigenvalue weighted by Crippen LogP contribution is -2.21. The smallest absolute Gasteiger partial charge is 0.480 e. The van der Waals surface area contributed by atoms with Gasteiger partial charge in [-0.05, 0) is 13.0 Å². The number of carboxylic acids is 2. The van der Waals surface area contributed by atoms with Gasteiger partial charge >= 0.3 is 18.1 Å². The second-order valence-electron chi connectivity index (χ2n) is 4.41. The van der Waals surface area contributed by atoms with Crippen LogP contribution >= 0.6 is 0 Å². The van der Waals surface area contributed by atoms with Crippen LogP contribution in [0.5, 0.6) is 0 Å². The SMILES string of the molecule is Cc1cc2c(C(N)=O)nn(CC(=O)O)c2cn1.O=C(O)C(F)(F)F. The van der Waals surface area contributed by atoms with E-state index in [0.29, 0.717) is 16.6 Å². The molecule has 9 nitrogen and oxygen atoms in total. The molecule has 0 spiro atoms. The Morgan fingerprint density at radius 1 is 1.29 bits per heavy atom. The number of fused-ring (bicyclic) bond motifs is 1. The normalized spacial score (nSPS) is 10.8. The van der Waals surface area contributed by atoms with Gasteiger partial charge in [0.1, 0.15) is 6.54 Å². The largest absolute Gasteiger partial charge is 0.490 e. The zero-order valence-corrected chi connectivity index (χ0v) is 12.0. The average molecular weight is 348 g/mol.